The molecule has 3 aliphatic carbocycles. The van der Waals surface area contributed by atoms with Crippen molar-refractivity contribution in [1.82, 2.24) is 31.5 Å². The molecule has 1 aromatic rings. The van der Waals surface area contributed by atoms with Crippen LogP contribution in [0, 0.1) is 34.5 Å². The summed E-state index contributed by atoms with van der Waals surface area (Å²) >= 11 is -0.0798. The van der Waals surface area contributed by atoms with Crippen LogP contribution in [-0.4, -0.2) is 89.1 Å². The Morgan fingerprint density at radius 1 is 1.05 bits per heavy atom. The van der Waals surface area contributed by atoms with Gasteiger partial charge in [0.2, 0.25) is 17.6 Å². The van der Waals surface area contributed by atoms with Crippen LogP contribution in [0.15, 0.2) is 29.0 Å². The molecule has 56 heavy (non-hydrogen) atoms. The minimum absolute atomic E-state index is 0.0974. The smallest absolute Gasteiger partial charge is 0.315 e. The maximum absolute atomic E-state index is 14.8. The lowest BCUT2D eigenvalue weighted by Gasteiger charge is -2.43. The standard InChI is InChI=1S/C41H64N6O7S2/c1-9-19-43-36(50)34(48)28(21-25-14-13-15-25)44-35(49)33-31-27(40(31,5)6)23-47(33)37(51)32(26-16-11-10-12-17-26)45-38(52)46-41(7,39(2,3)4)24-42-22-29-30(18-20-55-29)56(53)54-8/h9,18,20,25-28,31-33,42H,1,10-17,19,21-24H2,2-8H3,(H,43,50)(H,44,49)(H2,45,46,52)/t27-,28?,31-,32-,33-,41?,56?/m0/s1. The number of urea groups is 1. The first-order valence-corrected chi connectivity index (χ1v) is 22.2. The van der Waals surface area contributed by atoms with Crippen LogP contribution in [0.3, 0.4) is 0 Å². The molecule has 0 spiro atoms. The summed E-state index contributed by atoms with van der Waals surface area (Å²) in [6.07, 6.45) is 9.30. The number of piperidine rings is 1. The number of carbonyl (C=O) groups is 5. The lowest BCUT2D eigenvalue weighted by Crippen LogP contribution is -2.65. The first kappa shape index (κ1) is 44.0. The number of nitrogens with zero attached hydrogens (tertiary/aromatic N) is 1. The third-order valence-electron chi connectivity index (χ3n) is 13.3. The fourth-order valence-corrected chi connectivity index (χ4v) is 10.6. The Morgan fingerprint density at radius 2 is 1.75 bits per heavy atom. The van der Waals surface area contributed by atoms with Gasteiger partial charge in [-0.2, -0.15) is 0 Å². The van der Waals surface area contributed by atoms with Crippen molar-refractivity contribution in [3.8, 4) is 0 Å². The van der Waals surface area contributed by atoms with Crippen LogP contribution >= 0.6 is 11.3 Å². The molecular weight excluding hydrogens is 753 g/mol. The Bertz CT molecular complexity index is 1650. The Morgan fingerprint density at radius 3 is 2.36 bits per heavy atom. The fraction of sp³-hybridized carbons (Fsp3) is 0.732. The van der Waals surface area contributed by atoms with E-state index in [2.05, 4.69) is 47.0 Å². The Balaban J connectivity index is 1.33. The number of hydrogen-bond acceptors (Lipinski definition) is 9. The van der Waals surface area contributed by atoms with Gasteiger partial charge in [-0.25, -0.2) is 9.00 Å². The van der Waals surface area contributed by atoms with Gasteiger partial charge in [0.15, 0.2) is 11.1 Å². The monoisotopic (exact) mass is 816 g/mol. The summed E-state index contributed by atoms with van der Waals surface area (Å²) in [5.74, 6) is -2.03. The third-order valence-corrected chi connectivity index (χ3v) is 15.4. The molecule has 2 heterocycles. The number of amides is 5. The molecular formula is C41H64N6O7S2. The normalized spacial score (nSPS) is 24.7. The maximum atomic E-state index is 14.8. The third kappa shape index (κ3) is 9.75. The van der Waals surface area contributed by atoms with Crippen molar-refractivity contribution in [3.63, 3.8) is 0 Å². The fourth-order valence-electron chi connectivity index (χ4n) is 8.85. The number of rotatable bonds is 18. The van der Waals surface area contributed by atoms with Crippen molar-refractivity contribution in [2.45, 2.75) is 134 Å². The lowest BCUT2D eigenvalue weighted by atomic mass is 9.74. The average Bonchev–Trinajstić information content (AvgIpc) is 3.52. The largest absolute Gasteiger partial charge is 0.346 e. The highest BCUT2D eigenvalue weighted by Gasteiger charge is 2.70. The van der Waals surface area contributed by atoms with Gasteiger partial charge in [-0.1, -0.05) is 79.2 Å². The van der Waals surface area contributed by atoms with Crippen LogP contribution in [0.5, 0.6) is 0 Å². The Hall–Kier alpha value is -3.14. The summed E-state index contributed by atoms with van der Waals surface area (Å²) in [4.78, 5) is 72.6. The van der Waals surface area contributed by atoms with E-state index in [-0.39, 0.29) is 41.5 Å². The molecule has 0 aromatic carbocycles. The summed E-state index contributed by atoms with van der Waals surface area (Å²) in [6, 6.07) is -1.35. The zero-order valence-electron chi connectivity index (χ0n) is 34.3. The first-order valence-electron chi connectivity index (χ1n) is 20.3. The van der Waals surface area contributed by atoms with Crippen LogP contribution in [0.25, 0.3) is 0 Å². The van der Waals surface area contributed by atoms with Crippen molar-refractivity contribution < 1.29 is 32.4 Å². The number of nitrogens with one attached hydrogen (secondary N) is 5. The molecule has 4 aliphatic rings. The molecule has 5 rings (SSSR count). The number of hydrogen-bond donors (Lipinski definition) is 5. The zero-order valence-corrected chi connectivity index (χ0v) is 35.9. The summed E-state index contributed by atoms with van der Waals surface area (Å²) < 4.78 is 17.4. The molecule has 1 aromatic heterocycles. The molecule has 5 N–H and O–H groups in total. The number of ketones is 1. The summed E-state index contributed by atoms with van der Waals surface area (Å²) in [5, 5.41) is 17.1. The van der Waals surface area contributed by atoms with Gasteiger partial charge in [0, 0.05) is 31.1 Å². The van der Waals surface area contributed by atoms with Gasteiger partial charge in [-0.3, -0.25) is 23.4 Å². The van der Waals surface area contributed by atoms with Crippen LogP contribution in [0.1, 0.15) is 104 Å². The van der Waals surface area contributed by atoms with Gasteiger partial charge >= 0.3 is 6.03 Å². The number of carbonyl (C=O) groups excluding carboxylic acids is 5. The summed E-state index contributed by atoms with van der Waals surface area (Å²) in [5.41, 5.74) is -1.35. The van der Waals surface area contributed by atoms with Crippen LogP contribution < -0.4 is 26.6 Å². The number of likely N-dealkylation sites (tertiary alicyclic amines) is 1. The van der Waals surface area contributed by atoms with E-state index in [1.807, 2.05) is 33.1 Å². The van der Waals surface area contributed by atoms with E-state index in [4.69, 9.17) is 4.18 Å². The van der Waals surface area contributed by atoms with E-state index in [9.17, 15) is 28.2 Å². The van der Waals surface area contributed by atoms with E-state index in [1.54, 1.807) is 11.0 Å². The minimum Gasteiger partial charge on any atom is -0.346 e. The van der Waals surface area contributed by atoms with Crippen LogP contribution in [0.4, 0.5) is 4.79 Å². The van der Waals surface area contributed by atoms with E-state index >= 15 is 0 Å². The van der Waals surface area contributed by atoms with Gasteiger partial charge in [0.25, 0.3) is 5.91 Å². The molecule has 15 heteroatoms. The first-order chi connectivity index (χ1) is 26.4. The predicted octanol–water partition coefficient (Wildman–Crippen LogP) is 4.59. The van der Waals surface area contributed by atoms with E-state index < -0.39 is 63.8 Å². The topological polar surface area (TPSA) is 175 Å². The molecule has 0 bridgehead atoms. The molecule has 4 fully saturated rings. The number of Topliss-reactive ketones (excluding diaryl/α,β-unsaturated/α-hetero) is 1. The number of thiophene rings is 1. The molecule has 0 radical (unpaired) electrons. The van der Waals surface area contributed by atoms with Crippen LogP contribution in [0.2, 0.25) is 0 Å². The molecule has 1 aliphatic heterocycles. The number of fused-ring (bicyclic) bond motifs is 1. The van der Waals surface area contributed by atoms with Crippen LogP contribution in [-0.2, 0) is 41.0 Å². The highest BCUT2D eigenvalue weighted by atomic mass is 32.2. The van der Waals surface area contributed by atoms with Crippen molar-refractivity contribution in [2.24, 2.45) is 34.5 Å². The van der Waals surface area contributed by atoms with Gasteiger partial charge in [0.05, 0.1) is 23.6 Å². The maximum Gasteiger partial charge on any atom is 0.315 e. The molecule has 312 valence electrons. The zero-order chi connectivity index (χ0) is 41.0. The second-order valence-electron chi connectivity index (χ2n) is 18.1. The van der Waals surface area contributed by atoms with Gasteiger partial charge < -0.3 is 31.5 Å². The minimum atomic E-state index is -1.56. The van der Waals surface area contributed by atoms with E-state index in [0.29, 0.717) is 31.0 Å². The Kier molecular flexibility index (Phi) is 14.3. The molecule has 5 amide bonds. The highest BCUT2D eigenvalue weighted by molar-refractivity contribution is 7.80. The summed E-state index contributed by atoms with van der Waals surface area (Å²) in [6.45, 7) is 17.3. The van der Waals surface area contributed by atoms with Crippen molar-refractivity contribution in [3.05, 3.63) is 29.0 Å². The second kappa shape index (κ2) is 18.2. The van der Waals surface area contributed by atoms with Crippen molar-refractivity contribution in [1.29, 1.82) is 0 Å². The van der Waals surface area contributed by atoms with Crippen molar-refractivity contribution in [2.75, 3.05) is 26.7 Å². The average molecular weight is 817 g/mol. The SMILES string of the molecule is C=CCNC(=O)C(=O)C(CC1CCC1)NC(=O)[C@@H]1[C@@H]2[C@H](CN1C(=O)[C@@H](NC(=O)NC(C)(CNCc1sccc1S(=O)OC)C(C)(C)C)C1CCCCC1)C2(C)C. The predicted molar refractivity (Wildman–Crippen MR) is 218 cm³/mol. The van der Waals surface area contributed by atoms with Gasteiger partial charge in [0.1, 0.15) is 12.1 Å². The quantitative estimate of drug-likeness (QED) is 0.106. The molecule has 3 unspecified atom stereocenters. The molecule has 3 saturated carbocycles. The lowest BCUT2D eigenvalue weighted by molar-refractivity contribution is -0.145. The Labute approximate surface area is 339 Å². The van der Waals surface area contributed by atoms with E-state index in [1.165, 1.54) is 24.5 Å². The van der Waals surface area contributed by atoms with Gasteiger partial charge in [-0.05, 0) is 72.1 Å². The summed E-state index contributed by atoms with van der Waals surface area (Å²) in [7, 11) is 1.40. The van der Waals surface area contributed by atoms with E-state index in [0.717, 1.165) is 56.2 Å². The molecule has 1 saturated heterocycles. The van der Waals surface area contributed by atoms with Crippen molar-refractivity contribution >= 4 is 52.0 Å². The molecule has 13 nitrogen and oxygen atoms in total. The van der Waals surface area contributed by atoms with Gasteiger partial charge in [-0.15, -0.1) is 17.9 Å². The second-order valence-corrected chi connectivity index (χ2v) is 20.4. The highest BCUT2D eigenvalue weighted by Crippen LogP contribution is 2.65. The molecule has 7 atom stereocenters.